The number of carbonyl (C=O) groups is 2. The van der Waals surface area contributed by atoms with E-state index in [1.165, 1.54) is 29.2 Å². The number of benzene rings is 1. The molecule has 0 aromatic heterocycles. The van der Waals surface area contributed by atoms with Gasteiger partial charge >= 0.3 is 5.97 Å². The third-order valence-corrected chi connectivity index (χ3v) is 4.32. The zero-order valence-corrected chi connectivity index (χ0v) is 13.0. The molecule has 1 heterocycles. The Hall–Kier alpha value is -2.06. The van der Waals surface area contributed by atoms with Crippen LogP contribution in [0.2, 0.25) is 0 Å². The molecule has 0 atom stereocenters. The maximum absolute atomic E-state index is 12.2. The van der Waals surface area contributed by atoms with Crippen LogP contribution in [0.1, 0.15) is 18.4 Å². The lowest BCUT2D eigenvalue weighted by Crippen LogP contribution is -2.29. The van der Waals surface area contributed by atoms with E-state index >= 15 is 0 Å². The number of carbonyl (C=O) groups excluding carboxylic acids is 1. The highest BCUT2D eigenvalue weighted by atomic mass is 32.2. The topological polar surface area (TPSA) is 98.1 Å². The first-order chi connectivity index (χ1) is 10.4. The molecule has 3 N–H and O–H groups in total. The molecular weight excluding hydrogens is 326 g/mol. The number of aromatic hydroxyl groups is 2. The zero-order chi connectivity index (χ0) is 16.3. The molecule has 22 heavy (non-hydrogen) atoms. The SMILES string of the molecule is O=C(O)CCCN1C(=O)/C(=C/c2ccc(O)cc2O)SC1=S. The molecule has 1 saturated heterocycles. The first-order valence-electron chi connectivity index (χ1n) is 6.37. The molecule has 1 aromatic rings. The maximum Gasteiger partial charge on any atom is 0.303 e. The number of hydrogen-bond donors (Lipinski definition) is 3. The van der Waals surface area contributed by atoms with Crippen molar-refractivity contribution in [3.8, 4) is 11.5 Å². The van der Waals surface area contributed by atoms with Gasteiger partial charge in [-0.25, -0.2) is 0 Å². The summed E-state index contributed by atoms with van der Waals surface area (Å²) in [5.74, 6) is -1.45. The summed E-state index contributed by atoms with van der Waals surface area (Å²) in [6, 6.07) is 4.07. The van der Waals surface area contributed by atoms with Crippen molar-refractivity contribution in [1.82, 2.24) is 4.90 Å². The highest BCUT2D eigenvalue weighted by molar-refractivity contribution is 8.26. The fraction of sp³-hybridized carbons (Fsp3) is 0.214. The summed E-state index contributed by atoms with van der Waals surface area (Å²) < 4.78 is 0.361. The summed E-state index contributed by atoms with van der Waals surface area (Å²) in [5.41, 5.74) is 0.392. The molecule has 2 rings (SSSR count). The van der Waals surface area contributed by atoms with Crippen LogP contribution in [-0.4, -0.2) is 43.0 Å². The van der Waals surface area contributed by atoms with Crippen molar-refractivity contribution in [3.63, 3.8) is 0 Å². The van der Waals surface area contributed by atoms with Crippen LogP contribution >= 0.6 is 24.0 Å². The minimum absolute atomic E-state index is 0.0329. The molecule has 0 aliphatic carbocycles. The number of phenolic OH excluding ortho intramolecular Hbond substituents is 2. The number of phenols is 2. The third kappa shape index (κ3) is 3.77. The van der Waals surface area contributed by atoms with E-state index in [4.69, 9.17) is 17.3 Å². The van der Waals surface area contributed by atoms with Gasteiger partial charge in [0, 0.05) is 24.6 Å². The van der Waals surface area contributed by atoms with Crippen molar-refractivity contribution >= 4 is 46.3 Å². The van der Waals surface area contributed by atoms with Crippen molar-refractivity contribution in [2.75, 3.05) is 6.54 Å². The second-order valence-corrected chi connectivity index (χ2v) is 6.25. The molecular formula is C14H13NO5S2. The minimum atomic E-state index is -0.921. The Morgan fingerprint density at radius 3 is 2.73 bits per heavy atom. The summed E-state index contributed by atoms with van der Waals surface area (Å²) in [4.78, 5) is 24.5. The molecule has 0 radical (unpaired) electrons. The standard InChI is InChI=1S/C14H13NO5S2/c16-9-4-3-8(10(17)7-9)6-11-13(20)15(14(21)22-11)5-1-2-12(18)19/h3-4,6-7,16-17H,1-2,5H2,(H,18,19)/b11-6-. The third-order valence-electron chi connectivity index (χ3n) is 2.95. The monoisotopic (exact) mass is 339 g/mol. The van der Waals surface area contributed by atoms with Crippen molar-refractivity contribution in [3.05, 3.63) is 28.7 Å². The molecule has 0 bridgehead atoms. The summed E-state index contributed by atoms with van der Waals surface area (Å²) >= 11 is 6.22. The first kappa shape index (κ1) is 16.3. The molecule has 1 aliphatic rings. The second-order valence-electron chi connectivity index (χ2n) is 4.57. The van der Waals surface area contributed by atoms with Crippen molar-refractivity contribution in [2.24, 2.45) is 0 Å². The van der Waals surface area contributed by atoms with Crippen LogP contribution in [0.15, 0.2) is 23.1 Å². The summed E-state index contributed by atoms with van der Waals surface area (Å²) in [5, 5.41) is 27.6. The van der Waals surface area contributed by atoms with Gasteiger partial charge in [0.1, 0.15) is 15.8 Å². The van der Waals surface area contributed by atoms with E-state index < -0.39 is 5.97 Å². The van der Waals surface area contributed by atoms with Crippen LogP contribution in [0.5, 0.6) is 11.5 Å². The minimum Gasteiger partial charge on any atom is -0.508 e. The van der Waals surface area contributed by atoms with Crippen LogP contribution in [0.4, 0.5) is 0 Å². The largest absolute Gasteiger partial charge is 0.508 e. The van der Waals surface area contributed by atoms with E-state index in [-0.39, 0.29) is 30.4 Å². The summed E-state index contributed by atoms with van der Waals surface area (Å²) in [6.07, 6.45) is 1.78. The van der Waals surface area contributed by atoms with E-state index in [1.807, 2.05) is 0 Å². The van der Waals surface area contributed by atoms with E-state index in [0.29, 0.717) is 21.2 Å². The molecule has 116 valence electrons. The highest BCUT2D eigenvalue weighted by Gasteiger charge is 2.31. The van der Waals surface area contributed by atoms with E-state index in [2.05, 4.69) is 0 Å². The Balaban J connectivity index is 2.13. The number of carboxylic acid groups (broad SMARTS) is 1. The van der Waals surface area contributed by atoms with Gasteiger partial charge in [-0.1, -0.05) is 24.0 Å². The molecule has 1 fully saturated rings. The molecule has 0 unspecified atom stereocenters. The quantitative estimate of drug-likeness (QED) is 0.558. The van der Waals surface area contributed by atoms with Gasteiger partial charge in [0.25, 0.3) is 5.91 Å². The van der Waals surface area contributed by atoms with Crippen molar-refractivity contribution in [2.45, 2.75) is 12.8 Å². The number of nitrogens with zero attached hydrogens (tertiary/aromatic N) is 1. The van der Waals surface area contributed by atoms with Gasteiger partial charge in [-0.3, -0.25) is 14.5 Å². The van der Waals surface area contributed by atoms with Crippen LogP contribution in [0.3, 0.4) is 0 Å². The number of carboxylic acids is 1. The molecule has 1 aliphatic heterocycles. The lowest BCUT2D eigenvalue weighted by Gasteiger charge is -2.13. The zero-order valence-electron chi connectivity index (χ0n) is 11.4. The van der Waals surface area contributed by atoms with Gasteiger partial charge in [0.15, 0.2) is 0 Å². The van der Waals surface area contributed by atoms with Crippen LogP contribution in [-0.2, 0) is 9.59 Å². The Morgan fingerprint density at radius 1 is 1.36 bits per heavy atom. The fourth-order valence-electron chi connectivity index (χ4n) is 1.88. The van der Waals surface area contributed by atoms with Gasteiger partial charge in [-0.05, 0) is 24.6 Å². The summed E-state index contributed by atoms with van der Waals surface area (Å²) in [6.45, 7) is 0.246. The Labute approximate surface area is 136 Å². The van der Waals surface area contributed by atoms with E-state index in [9.17, 15) is 19.8 Å². The van der Waals surface area contributed by atoms with Gasteiger partial charge in [0.05, 0.1) is 4.91 Å². The molecule has 8 heteroatoms. The number of rotatable bonds is 5. The van der Waals surface area contributed by atoms with Gasteiger partial charge in [-0.15, -0.1) is 0 Å². The number of thiocarbonyl (C=S) groups is 1. The first-order valence-corrected chi connectivity index (χ1v) is 7.60. The van der Waals surface area contributed by atoms with Crippen LogP contribution < -0.4 is 0 Å². The van der Waals surface area contributed by atoms with E-state index in [0.717, 1.165) is 11.8 Å². The molecule has 0 saturated carbocycles. The van der Waals surface area contributed by atoms with Crippen LogP contribution in [0, 0.1) is 0 Å². The Kier molecular flexibility index (Phi) is 5.04. The normalized spacial score (nSPS) is 16.5. The van der Waals surface area contributed by atoms with Crippen molar-refractivity contribution < 1.29 is 24.9 Å². The van der Waals surface area contributed by atoms with E-state index in [1.54, 1.807) is 0 Å². The Morgan fingerprint density at radius 2 is 2.09 bits per heavy atom. The fourth-order valence-corrected chi connectivity index (χ4v) is 3.18. The predicted molar refractivity (Wildman–Crippen MR) is 86.5 cm³/mol. The lowest BCUT2D eigenvalue weighted by molar-refractivity contribution is -0.137. The number of amides is 1. The van der Waals surface area contributed by atoms with Crippen molar-refractivity contribution in [1.29, 1.82) is 0 Å². The van der Waals surface area contributed by atoms with Gasteiger partial charge in [0.2, 0.25) is 0 Å². The molecule has 0 spiro atoms. The maximum atomic E-state index is 12.2. The van der Waals surface area contributed by atoms with Gasteiger partial charge < -0.3 is 15.3 Å². The molecule has 1 amide bonds. The number of thioether (sulfide) groups is 1. The summed E-state index contributed by atoms with van der Waals surface area (Å²) in [7, 11) is 0. The number of hydrogen-bond acceptors (Lipinski definition) is 6. The number of aliphatic carboxylic acids is 1. The van der Waals surface area contributed by atoms with Gasteiger partial charge in [-0.2, -0.15) is 0 Å². The average molecular weight is 339 g/mol. The second kappa shape index (κ2) is 6.80. The Bertz CT molecular complexity index is 671. The molecule has 1 aromatic carbocycles. The highest BCUT2D eigenvalue weighted by Crippen LogP contribution is 2.34. The van der Waals surface area contributed by atoms with Crippen LogP contribution in [0.25, 0.3) is 6.08 Å². The molecule has 6 nitrogen and oxygen atoms in total. The average Bonchev–Trinajstić information content (AvgIpc) is 2.69. The lowest BCUT2D eigenvalue weighted by atomic mass is 10.1. The predicted octanol–water partition coefficient (Wildman–Crippen LogP) is 2.16. The smallest absolute Gasteiger partial charge is 0.303 e.